The zero-order valence-corrected chi connectivity index (χ0v) is 10.3. The maximum atomic E-state index is 11.3. The van der Waals surface area contributed by atoms with Crippen LogP contribution in [-0.2, 0) is 0 Å². The van der Waals surface area contributed by atoms with Gasteiger partial charge in [0.25, 0.3) is 5.69 Å². The van der Waals surface area contributed by atoms with Gasteiger partial charge in [0.1, 0.15) is 5.75 Å². The summed E-state index contributed by atoms with van der Waals surface area (Å²) in [5, 5.41) is 11.5. The second kappa shape index (κ2) is 4.08. The molecule has 98 valence electrons. The summed E-state index contributed by atoms with van der Waals surface area (Å²) in [4.78, 5) is 24.9. The molecule has 2 aromatic rings. The van der Waals surface area contributed by atoms with E-state index in [4.69, 9.17) is 4.74 Å². The Labute approximate surface area is 108 Å². The van der Waals surface area contributed by atoms with E-state index in [1.165, 1.54) is 19.2 Å². The van der Waals surface area contributed by atoms with E-state index in [0.717, 1.165) is 24.8 Å². The minimum absolute atomic E-state index is 0.0752. The van der Waals surface area contributed by atoms with E-state index in [0.29, 0.717) is 28.1 Å². The molecule has 1 fully saturated rings. The third-order valence-electron chi connectivity index (χ3n) is 3.46. The summed E-state index contributed by atoms with van der Waals surface area (Å²) in [5.41, 5.74) is 1.95. The van der Waals surface area contributed by atoms with Crippen LogP contribution in [0.15, 0.2) is 12.1 Å². The van der Waals surface area contributed by atoms with Gasteiger partial charge < -0.3 is 9.72 Å². The molecule has 19 heavy (non-hydrogen) atoms. The number of nitro benzene ring substituents is 1. The minimum atomic E-state index is -0.486. The smallest absolute Gasteiger partial charge is 0.273 e. The highest BCUT2D eigenvalue weighted by Crippen LogP contribution is 2.44. The van der Waals surface area contributed by atoms with Crippen molar-refractivity contribution in [2.24, 2.45) is 0 Å². The maximum absolute atomic E-state index is 11.3. The lowest BCUT2D eigenvalue weighted by molar-refractivity contribution is -0.384. The molecule has 6 heteroatoms. The number of benzene rings is 1. The molecule has 0 spiro atoms. The molecule has 0 bridgehead atoms. The third kappa shape index (κ3) is 1.76. The van der Waals surface area contributed by atoms with Crippen molar-refractivity contribution in [3.63, 3.8) is 0 Å². The summed E-state index contributed by atoms with van der Waals surface area (Å²) in [5.74, 6) is 0.746. The predicted molar refractivity (Wildman–Crippen MR) is 68.9 cm³/mol. The number of carbonyl (C=O) groups excluding carboxylic acids is 1. The van der Waals surface area contributed by atoms with E-state index in [1.54, 1.807) is 0 Å². The van der Waals surface area contributed by atoms with Gasteiger partial charge in [-0.1, -0.05) is 0 Å². The van der Waals surface area contributed by atoms with Crippen LogP contribution in [0.5, 0.6) is 5.75 Å². The van der Waals surface area contributed by atoms with Crippen LogP contribution in [0, 0.1) is 10.1 Å². The Balaban J connectivity index is 2.33. The molecule has 0 amide bonds. The van der Waals surface area contributed by atoms with Crippen molar-refractivity contribution < 1.29 is 14.5 Å². The monoisotopic (exact) mass is 260 g/mol. The summed E-state index contributed by atoms with van der Waals surface area (Å²) in [7, 11) is 1.46. The molecule has 3 rings (SSSR count). The highest BCUT2D eigenvalue weighted by Gasteiger charge is 2.30. The van der Waals surface area contributed by atoms with Crippen molar-refractivity contribution in [2.75, 3.05) is 7.11 Å². The Morgan fingerprint density at radius 2 is 2.21 bits per heavy atom. The number of rotatable bonds is 4. The number of hydrogen-bond donors (Lipinski definition) is 1. The Morgan fingerprint density at radius 1 is 1.47 bits per heavy atom. The Morgan fingerprint density at radius 3 is 2.74 bits per heavy atom. The van der Waals surface area contributed by atoms with Crippen molar-refractivity contribution in [2.45, 2.75) is 18.8 Å². The lowest BCUT2D eigenvalue weighted by Gasteiger charge is -2.01. The van der Waals surface area contributed by atoms with Crippen molar-refractivity contribution >= 4 is 22.9 Å². The number of non-ortho nitro benzene ring substituents is 1. The highest BCUT2D eigenvalue weighted by atomic mass is 16.6. The number of aldehydes is 1. The Kier molecular flexibility index (Phi) is 2.51. The standard InChI is InChI=1S/C13H12N2O4/c1-19-11-5-8(15(17)18)4-9-10(6-16)12(7-2-3-7)14-13(9)11/h4-7,14H,2-3H2,1H3. The predicted octanol–water partition coefficient (Wildman–Crippen LogP) is 2.77. The number of fused-ring (bicyclic) bond motifs is 1. The molecule has 6 nitrogen and oxygen atoms in total. The van der Waals surface area contributed by atoms with Gasteiger partial charge >= 0.3 is 0 Å². The number of hydrogen-bond acceptors (Lipinski definition) is 4. The van der Waals surface area contributed by atoms with Gasteiger partial charge in [-0.3, -0.25) is 14.9 Å². The van der Waals surface area contributed by atoms with E-state index in [1.807, 2.05) is 0 Å². The zero-order valence-electron chi connectivity index (χ0n) is 10.3. The second-order valence-corrected chi connectivity index (χ2v) is 4.67. The van der Waals surface area contributed by atoms with Gasteiger partial charge in [-0.15, -0.1) is 0 Å². The summed E-state index contributed by atoms with van der Waals surface area (Å²) in [6, 6.07) is 2.79. The number of ether oxygens (including phenoxy) is 1. The lowest BCUT2D eigenvalue weighted by Crippen LogP contribution is -1.91. The number of nitrogens with zero attached hydrogens (tertiary/aromatic N) is 1. The van der Waals surface area contributed by atoms with E-state index in [9.17, 15) is 14.9 Å². The van der Waals surface area contributed by atoms with E-state index in [-0.39, 0.29) is 5.69 Å². The van der Waals surface area contributed by atoms with Crippen molar-refractivity contribution in [1.29, 1.82) is 0 Å². The summed E-state index contributed by atoms with van der Waals surface area (Å²) >= 11 is 0. The first-order valence-electron chi connectivity index (χ1n) is 5.99. The van der Waals surface area contributed by atoms with E-state index < -0.39 is 4.92 Å². The first-order chi connectivity index (χ1) is 9.15. The molecular weight excluding hydrogens is 248 g/mol. The number of aromatic nitrogens is 1. The first kappa shape index (κ1) is 11.7. The highest BCUT2D eigenvalue weighted by molar-refractivity contribution is 6.02. The normalized spacial score (nSPS) is 14.6. The number of carbonyl (C=O) groups is 1. The SMILES string of the molecule is COc1cc([N+](=O)[O-])cc2c(C=O)c(C3CC3)[nH]c12. The first-order valence-corrected chi connectivity index (χ1v) is 5.99. The van der Waals surface area contributed by atoms with Gasteiger partial charge in [0.05, 0.1) is 23.6 Å². The van der Waals surface area contributed by atoms with Crippen molar-refractivity contribution in [3.8, 4) is 5.75 Å². The second-order valence-electron chi connectivity index (χ2n) is 4.67. The van der Waals surface area contributed by atoms with Crippen LogP contribution in [0.2, 0.25) is 0 Å². The molecule has 0 saturated heterocycles. The minimum Gasteiger partial charge on any atom is -0.494 e. The molecule has 0 unspecified atom stereocenters. The molecule has 0 aliphatic heterocycles. The molecule has 1 aliphatic carbocycles. The van der Waals surface area contributed by atoms with Crippen LogP contribution in [0.1, 0.15) is 34.8 Å². The van der Waals surface area contributed by atoms with Gasteiger partial charge in [0, 0.05) is 22.7 Å². The number of aromatic amines is 1. The number of methoxy groups -OCH3 is 1. The molecule has 1 aliphatic rings. The summed E-state index contributed by atoms with van der Waals surface area (Å²) in [6.45, 7) is 0. The fraction of sp³-hybridized carbons (Fsp3) is 0.308. The summed E-state index contributed by atoms with van der Waals surface area (Å²) in [6.07, 6.45) is 2.84. The fourth-order valence-corrected chi connectivity index (χ4v) is 2.38. The average Bonchev–Trinajstić information content (AvgIpc) is 3.18. The van der Waals surface area contributed by atoms with Crippen LogP contribution >= 0.6 is 0 Å². The number of nitrogens with one attached hydrogen (secondary N) is 1. The summed E-state index contributed by atoms with van der Waals surface area (Å²) < 4.78 is 5.18. The van der Waals surface area contributed by atoms with E-state index >= 15 is 0 Å². The average molecular weight is 260 g/mol. The van der Waals surface area contributed by atoms with Crippen LogP contribution in [0.4, 0.5) is 5.69 Å². The Bertz CT molecular complexity index is 685. The molecule has 0 radical (unpaired) electrons. The molecule has 1 aromatic heterocycles. The van der Waals surface area contributed by atoms with Crippen LogP contribution in [0.25, 0.3) is 10.9 Å². The van der Waals surface area contributed by atoms with E-state index in [2.05, 4.69) is 4.98 Å². The quantitative estimate of drug-likeness (QED) is 0.520. The van der Waals surface area contributed by atoms with Gasteiger partial charge in [0.15, 0.2) is 6.29 Å². The van der Waals surface area contributed by atoms with Gasteiger partial charge in [-0.05, 0) is 18.8 Å². The van der Waals surface area contributed by atoms with Crippen molar-refractivity contribution in [3.05, 3.63) is 33.5 Å². The van der Waals surface area contributed by atoms with Crippen molar-refractivity contribution in [1.82, 2.24) is 4.98 Å². The van der Waals surface area contributed by atoms with Gasteiger partial charge in [-0.25, -0.2) is 0 Å². The molecular formula is C13H12N2O4. The topological polar surface area (TPSA) is 85.2 Å². The van der Waals surface area contributed by atoms with Gasteiger partial charge in [-0.2, -0.15) is 0 Å². The van der Waals surface area contributed by atoms with Crippen LogP contribution in [0.3, 0.4) is 0 Å². The van der Waals surface area contributed by atoms with Crippen LogP contribution in [-0.4, -0.2) is 23.3 Å². The third-order valence-corrected chi connectivity index (χ3v) is 3.46. The lowest BCUT2D eigenvalue weighted by atomic mass is 10.1. The molecule has 1 saturated carbocycles. The molecule has 1 N–H and O–H groups in total. The maximum Gasteiger partial charge on any atom is 0.273 e. The fourth-order valence-electron chi connectivity index (χ4n) is 2.38. The number of nitro groups is 1. The largest absolute Gasteiger partial charge is 0.494 e. The molecule has 0 atom stereocenters. The molecule has 1 heterocycles. The van der Waals surface area contributed by atoms with Crippen LogP contribution < -0.4 is 4.74 Å². The Hall–Kier alpha value is -2.37. The number of H-pyrrole nitrogens is 1. The van der Waals surface area contributed by atoms with Gasteiger partial charge in [0.2, 0.25) is 0 Å². The zero-order chi connectivity index (χ0) is 13.6. The molecule has 1 aromatic carbocycles.